The number of aliphatic hydroxyl groups is 2. The summed E-state index contributed by atoms with van der Waals surface area (Å²) < 4.78 is 12.1. The van der Waals surface area contributed by atoms with Crippen LogP contribution in [0.5, 0.6) is 0 Å². The monoisotopic (exact) mass is 296 g/mol. The third-order valence-corrected chi connectivity index (χ3v) is 6.48. The second kappa shape index (κ2) is 5.19. The lowest BCUT2D eigenvalue weighted by atomic mass is 9.76. The maximum Gasteiger partial charge on any atom is 0.175 e. The largest absolute Gasteiger partial charge is 0.390 e. The van der Waals surface area contributed by atoms with E-state index in [1.165, 1.54) is 32.1 Å². The molecule has 8 atom stereocenters. The van der Waals surface area contributed by atoms with Crippen LogP contribution in [-0.2, 0) is 9.47 Å². The van der Waals surface area contributed by atoms with Crippen molar-refractivity contribution in [2.24, 2.45) is 23.7 Å². The molecule has 0 aromatic rings. The van der Waals surface area contributed by atoms with E-state index in [1.54, 1.807) is 0 Å². The normalized spacial score (nSPS) is 53.0. The van der Waals surface area contributed by atoms with Crippen LogP contribution in [0, 0.1) is 23.7 Å². The van der Waals surface area contributed by atoms with Gasteiger partial charge in [0.1, 0.15) is 0 Å². The average Bonchev–Trinajstić information content (AvgIpc) is 3.12. The highest BCUT2D eigenvalue weighted by Gasteiger charge is 2.76. The molecule has 4 nitrogen and oxygen atoms in total. The van der Waals surface area contributed by atoms with Crippen LogP contribution in [0.25, 0.3) is 0 Å². The van der Waals surface area contributed by atoms with Crippen molar-refractivity contribution < 1.29 is 19.7 Å². The van der Waals surface area contributed by atoms with Crippen molar-refractivity contribution in [2.45, 2.75) is 82.6 Å². The van der Waals surface area contributed by atoms with Crippen LogP contribution in [0.2, 0.25) is 0 Å². The number of hydrogen-bond acceptors (Lipinski definition) is 4. The topological polar surface area (TPSA) is 58.9 Å². The first-order valence-corrected chi connectivity index (χ1v) is 8.90. The van der Waals surface area contributed by atoms with E-state index < -0.39 is 12.1 Å². The standard InChI is InChI=1S/C17H28O4/c1-2-3-4-5-6-7-8-17-13-11-9-10(12(13)16(19)21-17)14(18)15(11)20-17/h10-16,18-19H,2-9H2,1H3/t10?,11?,12?,13?,14-,15?,16-,17?/m0/s1. The average molecular weight is 296 g/mol. The summed E-state index contributed by atoms with van der Waals surface area (Å²) in [6, 6.07) is 0. The molecule has 6 unspecified atom stereocenters. The minimum absolute atomic E-state index is 0.0381. The quantitative estimate of drug-likeness (QED) is 0.708. The van der Waals surface area contributed by atoms with Crippen molar-refractivity contribution in [1.29, 1.82) is 0 Å². The van der Waals surface area contributed by atoms with Crippen molar-refractivity contribution in [3.8, 4) is 0 Å². The molecule has 2 aliphatic carbocycles. The highest BCUT2D eigenvalue weighted by molar-refractivity contribution is 5.18. The van der Waals surface area contributed by atoms with E-state index in [0.29, 0.717) is 11.8 Å². The Morgan fingerprint density at radius 1 is 1.00 bits per heavy atom. The van der Waals surface area contributed by atoms with E-state index in [9.17, 15) is 10.2 Å². The van der Waals surface area contributed by atoms with Crippen molar-refractivity contribution >= 4 is 0 Å². The second-order valence-corrected chi connectivity index (χ2v) is 7.58. The molecule has 0 spiro atoms. The third kappa shape index (κ3) is 1.95. The van der Waals surface area contributed by atoms with E-state index >= 15 is 0 Å². The fraction of sp³-hybridized carbons (Fsp3) is 1.00. The molecule has 4 heteroatoms. The molecule has 0 amide bonds. The van der Waals surface area contributed by atoms with Gasteiger partial charge in [-0.05, 0) is 24.7 Å². The van der Waals surface area contributed by atoms with Crippen LogP contribution in [0.3, 0.4) is 0 Å². The molecule has 4 aliphatic rings. The fourth-order valence-corrected chi connectivity index (χ4v) is 5.67. The van der Waals surface area contributed by atoms with Gasteiger partial charge in [0.2, 0.25) is 0 Å². The Morgan fingerprint density at radius 3 is 2.57 bits per heavy atom. The van der Waals surface area contributed by atoms with E-state index in [0.717, 1.165) is 19.3 Å². The van der Waals surface area contributed by atoms with E-state index in [-0.39, 0.29) is 24.0 Å². The van der Waals surface area contributed by atoms with Gasteiger partial charge in [-0.15, -0.1) is 0 Å². The van der Waals surface area contributed by atoms with Gasteiger partial charge in [0.15, 0.2) is 12.1 Å². The predicted octanol–water partition coefficient (Wildman–Crippen LogP) is 2.42. The van der Waals surface area contributed by atoms with E-state index in [1.807, 2.05) is 0 Å². The van der Waals surface area contributed by atoms with Gasteiger partial charge in [0, 0.05) is 18.3 Å². The van der Waals surface area contributed by atoms with Crippen molar-refractivity contribution in [2.75, 3.05) is 0 Å². The van der Waals surface area contributed by atoms with Crippen molar-refractivity contribution in [1.82, 2.24) is 0 Å². The molecule has 2 heterocycles. The first kappa shape index (κ1) is 14.4. The zero-order valence-corrected chi connectivity index (χ0v) is 12.9. The lowest BCUT2D eigenvalue weighted by Gasteiger charge is -2.31. The van der Waals surface area contributed by atoms with Crippen LogP contribution in [0.4, 0.5) is 0 Å². The molecule has 2 saturated heterocycles. The van der Waals surface area contributed by atoms with Gasteiger partial charge in [0.05, 0.1) is 12.2 Å². The number of aliphatic hydroxyl groups excluding tert-OH is 2. The van der Waals surface area contributed by atoms with Gasteiger partial charge in [-0.2, -0.15) is 0 Å². The third-order valence-electron chi connectivity index (χ3n) is 6.48. The summed E-state index contributed by atoms with van der Waals surface area (Å²) in [6.07, 6.45) is 8.22. The highest BCUT2D eigenvalue weighted by atomic mass is 16.8. The van der Waals surface area contributed by atoms with Gasteiger partial charge in [-0.3, -0.25) is 0 Å². The predicted molar refractivity (Wildman–Crippen MR) is 77.3 cm³/mol. The molecule has 4 rings (SSSR count). The Kier molecular flexibility index (Phi) is 3.57. The number of hydrogen-bond donors (Lipinski definition) is 2. The first-order valence-electron chi connectivity index (χ1n) is 8.90. The SMILES string of the molecule is CCCCCCCCC12OC3C4CC(C(C41)[C@@H](O)O2)[C@@H]3O. The van der Waals surface area contributed by atoms with Crippen LogP contribution in [-0.4, -0.2) is 34.5 Å². The van der Waals surface area contributed by atoms with Gasteiger partial charge in [-0.25, -0.2) is 0 Å². The van der Waals surface area contributed by atoms with Crippen LogP contribution >= 0.6 is 0 Å². The van der Waals surface area contributed by atoms with Crippen LogP contribution in [0.15, 0.2) is 0 Å². The Balaban J connectivity index is 1.39. The van der Waals surface area contributed by atoms with Crippen LogP contribution < -0.4 is 0 Å². The number of rotatable bonds is 7. The van der Waals surface area contributed by atoms with Crippen molar-refractivity contribution in [3.05, 3.63) is 0 Å². The summed E-state index contributed by atoms with van der Waals surface area (Å²) >= 11 is 0. The molecule has 0 aromatic heterocycles. The Morgan fingerprint density at radius 2 is 1.76 bits per heavy atom. The first-order chi connectivity index (χ1) is 10.2. The fourth-order valence-electron chi connectivity index (χ4n) is 5.67. The summed E-state index contributed by atoms with van der Waals surface area (Å²) in [4.78, 5) is 0. The zero-order valence-electron chi connectivity index (χ0n) is 12.9. The van der Waals surface area contributed by atoms with Crippen molar-refractivity contribution in [3.63, 3.8) is 0 Å². The van der Waals surface area contributed by atoms with E-state index in [4.69, 9.17) is 9.47 Å². The minimum atomic E-state index is -0.735. The Bertz CT molecular complexity index is 400. The smallest absolute Gasteiger partial charge is 0.175 e. The minimum Gasteiger partial charge on any atom is -0.390 e. The molecule has 4 fully saturated rings. The summed E-state index contributed by atoms with van der Waals surface area (Å²) in [5, 5.41) is 20.6. The van der Waals surface area contributed by atoms with Gasteiger partial charge in [0.25, 0.3) is 0 Å². The van der Waals surface area contributed by atoms with Gasteiger partial charge in [-0.1, -0.05) is 39.0 Å². The molecule has 2 bridgehead atoms. The number of ether oxygens (including phenoxy) is 2. The summed E-state index contributed by atoms with van der Waals surface area (Å²) in [6.45, 7) is 2.23. The Hall–Kier alpha value is -0.160. The molecular formula is C17H28O4. The van der Waals surface area contributed by atoms with E-state index in [2.05, 4.69) is 6.92 Å². The zero-order chi connectivity index (χ0) is 14.6. The molecule has 2 aliphatic heterocycles. The van der Waals surface area contributed by atoms with Gasteiger partial charge >= 0.3 is 0 Å². The van der Waals surface area contributed by atoms with Gasteiger partial charge < -0.3 is 19.7 Å². The Labute approximate surface area is 126 Å². The lowest BCUT2D eigenvalue weighted by molar-refractivity contribution is -0.285. The number of unbranched alkanes of at least 4 members (excludes halogenated alkanes) is 5. The second-order valence-electron chi connectivity index (χ2n) is 7.58. The van der Waals surface area contributed by atoms with Crippen LogP contribution in [0.1, 0.15) is 58.3 Å². The lowest BCUT2D eigenvalue weighted by Crippen LogP contribution is -2.41. The molecule has 2 N–H and O–H groups in total. The molecular weight excluding hydrogens is 268 g/mol. The molecule has 0 radical (unpaired) electrons. The molecule has 120 valence electrons. The summed E-state index contributed by atoms with van der Waals surface area (Å²) in [5.74, 6) is 0.433. The highest BCUT2D eigenvalue weighted by Crippen LogP contribution is 2.68. The molecule has 0 aromatic carbocycles. The summed E-state index contributed by atoms with van der Waals surface area (Å²) in [7, 11) is 0. The summed E-state index contributed by atoms with van der Waals surface area (Å²) in [5.41, 5.74) is 0. The number of fused-ring (bicyclic) bond motifs is 2. The molecule has 21 heavy (non-hydrogen) atoms. The maximum absolute atomic E-state index is 10.3. The molecule has 2 saturated carbocycles. The maximum atomic E-state index is 10.3.